The molecule has 31 heavy (non-hydrogen) atoms. The Hall–Kier alpha value is -2.73. The molecular formula is C23H17Cl3N2O3. The van der Waals surface area contributed by atoms with Gasteiger partial charge in [-0.2, -0.15) is 0 Å². The molecule has 1 fully saturated rings. The quantitative estimate of drug-likeness (QED) is 0.462. The summed E-state index contributed by atoms with van der Waals surface area (Å²) in [6.45, 7) is 0.239. The number of hydrogen-bond donors (Lipinski definition) is 1. The Kier molecular flexibility index (Phi) is 6.37. The van der Waals surface area contributed by atoms with Crippen molar-refractivity contribution in [1.29, 1.82) is 0 Å². The van der Waals surface area contributed by atoms with E-state index in [1.807, 2.05) is 0 Å². The van der Waals surface area contributed by atoms with Crippen molar-refractivity contribution in [3.05, 3.63) is 81.8 Å². The normalized spacial score (nSPS) is 15.8. The maximum atomic E-state index is 12.7. The van der Waals surface area contributed by atoms with E-state index in [1.165, 1.54) is 4.90 Å². The SMILES string of the molecule is O=C(Nc1ccc(Oc2ccc(Cl)cc2)cc1)[C@H]1CC(=O)N(c2cc(Cl)ccc2Cl)C1. The third-order valence-corrected chi connectivity index (χ3v) is 5.67. The van der Waals surface area contributed by atoms with Gasteiger partial charge in [-0.3, -0.25) is 9.59 Å². The molecule has 1 heterocycles. The van der Waals surface area contributed by atoms with Crippen LogP contribution in [-0.4, -0.2) is 18.4 Å². The Balaban J connectivity index is 1.38. The van der Waals surface area contributed by atoms with Gasteiger partial charge in [0.2, 0.25) is 11.8 Å². The van der Waals surface area contributed by atoms with Crippen LogP contribution in [0.4, 0.5) is 11.4 Å². The van der Waals surface area contributed by atoms with Gasteiger partial charge < -0.3 is 15.0 Å². The Bertz CT molecular complexity index is 1120. The number of benzene rings is 3. The molecule has 3 aromatic carbocycles. The predicted molar refractivity (Wildman–Crippen MR) is 124 cm³/mol. The lowest BCUT2D eigenvalue weighted by molar-refractivity contribution is -0.122. The summed E-state index contributed by atoms with van der Waals surface area (Å²) in [4.78, 5) is 26.7. The molecule has 0 spiro atoms. The van der Waals surface area contributed by atoms with E-state index in [2.05, 4.69) is 5.32 Å². The van der Waals surface area contributed by atoms with Gasteiger partial charge in [0.1, 0.15) is 11.5 Å². The number of ether oxygens (including phenoxy) is 1. The monoisotopic (exact) mass is 474 g/mol. The van der Waals surface area contributed by atoms with Crippen molar-refractivity contribution in [2.45, 2.75) is 6.42 Å². The fraction of sp³-hybridized carbons (Fsp3) is 0.130. The number of halogens is 3. The van der Waals surface area contributed by atoms with Gasteiger partial charge in [0.05, 0.1) is 16.6 Å². The summed E-state index contributed by atoms with van der Waals surface area (Å²) in [6, 6.07) is 18.9. The minimum Gasteiger partial charge on any atom is -0.457 e. The van der Waals surface area contributed by atoms with E-state index in [-0.39, 0.29) is 24.8 Å². The molecule has 1 aliphatic rings. The van der Waals surface area contributed by atoms with E-state index >= 15 is 0 Å². The average Bonchev–Trinajstić information content (AvgIpc) is 3.14. The zero-order valence-corrected chi connectivity index (χ0v) is 18.4. The number of amides is 2. The first kappa shape index (κ1) is 21.5. The predicted octanol–water partition coefficient (Wildman–Crippen LogP) is 6.43. The van der Waals surface area contributed by atoms with Gasteiger partial charge in [-0.1, -0.05) is 34.8 Å². The van der Waals surface area contributed by atoms with Crippen molar-refractivity contribution in [1.82, 2.24) is 0 Å². The van der Waals surface area contributed by atoms with Gasteiger partial charge in [0.25, 0.3) is 0 Å². The Labute approximate surface area is 194 Å². The van der Waals surface area contributed by atoms with Crippen LogP contribution in [-0.2, 0) is 9.59 Å². The number of hydrogen-bond acceptors (Lipinski definition) is 3. The third-order valence-electron chi connectivity index (χ3n) is 4.87. The van der Waals surface area contributed by atoms with Gasteiger partial charge in [0.15, 0.2) is 0 Å². The van der Waals surface area contributed by atoms with Crippen molar-refractivity contribution >= 4 is 58.0 Å². The van der Waals surface area contributed by atoms with Crippen molar-refractivity contribution in [2.24, 2.45) is 5.92 Å². The maximum Gasteiger partial charge on any atom is 0.229 e. The summed E-state index contributed by atoms with van der Waals surface area (Å²) in [5, 5.41) is 4.37. The standard InChI is InChI=1S/C23H17Cl3N2O3/c24-15-1-6-18(7-2-15)31-19-8-4-17(5-9-19)27-23(30)14-11-22(29)28(13-14)21-12-16(25)3-10-20(21)26/h1-10,12,14H,11,13H2,(H,27,30)/t14-/m0/s1. The fourth-order valence-electron chi connectivity index (χ4n) is 3.30. The van der Waals surface area contributed by atoms with E-state index in [0.29, 0.717) is 37.9 Å². The van der Waals surface area contributed by atoms with Crippen LogP contribution in [0, 0.1) is 5.92 Å². The van der Waals surface area contributed by atoms with Gasteiger partial charge in [0, 0.05) is 28.7 Å². The average molecular weight is 476 g/mol. The molecule has 1 aliphatic heterocycles. The molecule has 0 saturated carbocycles. The topological polar surface area (TPSA) is 58.6 Å². The molecule has 0 aliphatic carbocycles. The first-order valence-electron chi connectivity index (χ1n) is 9.49. The van der Waals surface area contributed by atoms with Crippen LogP contribution in [0.3, 0.4) is 0 Å². The van der Waals surface area contributed by atoms with E-state index in [1.54, 1.807) is 66.7 Å². The van der Waals surface area contributed by atoms with Crippen LogP contribution in [0.1, 0.15) is 6.42 Å². The lowest BCUT2D eigenvalue weighted by atomic mass is 10.1. The van der Waals surface area contributed by atoms with Crippen molar-refractivity contribution in [3.63, 3.8) is 0 Å². The minimum absolute atomic E-state index is 0.104. The van der Waals surface area contributed by atoms with E-state index in [4.69, 9.17) is 39.5 Å². The highest BCUT2D eigenvalue weighted by Crippen LogP contribution is 2.34. The second-order valence-electron chi connectivity index (χ2n) is 7.07. The summed E-state index contributed by atoms with van der Waals surface area (Å²) < 4.78 is 5.75. The largest absolute Gasteiger partial charge is 0.457 e. The molecule has 5 nitrogen and oxygen atoms in total. The first-order valence-corrected chi connectivity index (χ1v) is 10.6. The molecule has 0 radical (unpaired) electrons. The number of carbonyl (C=O) groups is 2. The fourth-order valence-corrected chi connectivity index (χ4v) is 3.81. The number of nitrogens with zero attached hydrogens (tertiary/aromatic N) is 1. The summed E-state index contributed by atoms with van der Waals surface area (Å²) >= 11 is 18.1. The number of nitrogens with one attached hydrogen (secondary N) is 1. The molecule has 4 rings (SSSR count). The van der Waals surface area contributed by atoms with E-state index in [9.17, 15) is 9.59 Å². The minimum atomic E-state index is -0.493. The molecule has 0 unspecified atom stereocenters. The van der Waals surface area contributed by atoms with E-state index in [0.717, 1.165) is 0 Å². The van der Waals surface area contributed by atoms with Gasteiger partial charge in [-0.15, -0.1) is 0 Å². The summed E-state index contributed by atoms with van der Waals surface area (Å²) in [7, 11) is 0. The summed E-state index contributed by atoms with van der Waals surface area (Å²) in [5.41, 5.74) is 1.12. The second kappa shape index (κ2) is 9.18. The van der Waals surface area contributed by atoms with Crippen molar-refractivity contribution < 1.29 is 14.3 Å². The van der Waals surface area contributed by atoms with Crippen LogP contribution in [0.15, 0.2) is 66.7 Å². The summed E-state index contributed by atoms with van der Waals surface area (Å²) in [6.07, 6.45) is 0.104. The molecule has 0 bridgehead atoms. The molecule has 1 N–H and O–H groups in total. The zero-order chi connectivity index (χ0) is 22.0. The summed E-state index contributed by atoms with van der Waals surface area (Å²) in [5.74, 6) is 0.382. The van der Waals surface area contributed by atoms with Gasteiger partial charge in [-0.05, 0) is 66.7 Å². The molecule has 158 valence electrons. The maximum absolute atomic E-state index is 12.7. The van der Waals surface area contributed by atoms with Crippen LogP contribution in [0.25, 0.3) is 0 Å². The number of anilines is 2. The highest BCUT2D eigenvalue weighted by molar-refractivity contribution is 6.36. The molecule has 3 aromatic rings. The lowest BCUT2D eigenvalue weighted by Gasteiger charge is -2.18. The Morgan fingerprint density at radius 2 is 1.52 bits per heavy atom. The highest BCUT2D eigenvalue weighted by atomic mass is 35.5. The highest BCUT2D eigenvalue weighted by Gasteiger charge is 2.36. The molecule has 1 atom stereocenters. The Morgan fingerprint density at radius 1 is 0.903 bits per heavy atom. The molecular weight excluding hydrogens is 459 g/mol. The molecule has 8 heteroatoms. The van der Waals surface area contributed by atoms with E-state index < -0.39 is 5.92 Å². The number of rotatable bonds is 5. The van der Waals surface area contributed by atoms with Crippen LogP contribution < -0.4 is 15.0 Å². The van der Waals surface area contributed by atoms with Crippen LogP contribution >= 0.6 is 34.8 Å². The van der Waals surface area contributed by atoms with Crippen molar-refractivity contribution in [2.75, 3.05) is 16.8 Å². The van der Waals surface area contributed by atoms with Crippen LogP contribution in [0.2, 0.25) is 15.1 Å². The first-order chi connectivity index (χ1) is 14.9. The van der Waals surface area contributed by atoms with Crippen molar-refractivity contribution in [3.8, 4) is 11.5 Å². The Morgan fingerprint density at radius 3 is 2.19 bits per heavy atom. The molecule has 2 amide bonds. The molecule has 0 aromatic heterocycles. The zero-order valence-electron chi connectivity index (χ0n) is 16.1. The third kappa shape index (κ3) is 5.13. The lowest BCUT2D eigenvalue weighted by Crippen LogP contribution is -2.28. The van der Waals surface area contributed by atoms with Crippen LogP contribution in [0.5, 0.6) is 11.5 Å². The second-order valence-corrected chi connectivity index (χ2v) is 8.35. The van der Waals surface area contributed by atoms with Gasteiger partial charge >= 0.3 is 0 Å². The molecule has 1 saturated heterocycles. The van der Waals surface area contributed by atoms with Gasteiger partial charge in [-0.25, -0.2) is 0 Å². The number of carbonyl (C=O) groups excluding carboxylic acids is 2. The smallest absolute Gasteiger partial charge is 0.229 e.